The molecule has 4 rings (SSSR count). The molecule has 0 fully saturated rings. The zero-order valence-electron chi connectivity index (χ0n) is 25.6. The fourth-order valence-corrected chi connectivity index (χ4v) is 5.53. The molecule has 10 nitrogen and oxygen atoms in total. The average Bonchev–Trinajstić information content (AvgIpc) is 3.33. The quantitative estimate of drug-likeness (QED) is 0.265. The van der Waals surface area contributed by atoms with Crippen molar-refractivity contribution in [2.75, 3.05) is 19.8 Å². The largest absolute Gasteiger partial charge is 0.462 e. The van der Waals surface area contributed by atoms with Gasteiger partial charge in [0.25, 0.3) is 0 Å². The first-order chi connectivity index (χ1) is 21.2. The van der Waals surface area contributed by atoms with E-state index in [4.69, 9.17) is 9.47 Å². The van der Waals surface area contributed by atoms with Gasteiger partial charge in [0.15, 0.2) is 0 Å². The number of carbonyl (C=O) groups excluding carboxylic acids is 4. The summed E-state index contributed by atoms with van der Waals surface area (Å²) in [5.41, 5.74) is 4.43. The summed E-state index contributed by atoms with van der Waals surface area (Å²) in [4.78, 5) is 51.7. The Balaban J connectivity index is 1.40. The van der Waals surface area contributed by atoms with Crippen molar-refractivity contribution in [1.82, 2.24) is 16.0 Å². The molecule has 0 saturated carbocycles. The number of esters is 1. The molecule has 1 aliphatic carbocycles. The third-order valence-corrected chi connectivity index (χ3v) is 8.15. The number of alkyl carbamates (subject to hydrolysis) is 1. The van der Waals surface area contributed by atoms with Crippen molar-refractivity contribution in [3.8, 4) is 11.1 Å². The van der Waals surface area contributed by atoms with E-state index >= 15 is 0 Å². The first-order valence-corrected chi connectivity index (χ1v) is 15.3. The first-order valence-electron chi connectivity index (χ1n) is 15.3. The van der Waals surface area contributed by atoms with Crippen LogP contribution in [0.3, 0.4) is 0 Å². The van der Waals surface area contributed by atoms with Crippen molar-refractivity contribution in [3.05, 3.63) is 71.8 Å². The molecule has 0 aromatic heterocycles. The number of amides is 3. The molecular weight excluding hydrogens is 562 g/mol. The van der Waals surface area contributed by atoms with Gasteiger partial charge >= 0.3 is 12.1 Å². The molecule has 1 aliphatic heterocycles. The van der Waals surface area contributed by atoms with Crippen LogP contribution in [0.15, 0.2) is 60.7 Å². The van der Waals surface area contributed by atoms with Crippen molar-refractivity contribution in [1.29, 1.82) is 0 Å². The molecule has 10 heteroatoms. The molecule has 0 saturated heterocycles. The van der Waals surface area contributed by atoms with Gasteiger partial charge in [0, 0.05) is 18.4 Å². The minimum atomic E-state index is -0.943. The second-order valence-electron chi connectivity index (χ2n) is 11.8. The zero-order valence-corrected chi connectivity index (χ0v) is 25.6. The number of cyclic esters (lactones) is 1. The molecule has 0 spiro atoms. The third-order valence-electron chi connectivity index (χ3n) is 8.15. The van der Waals surface area contributed by atoms with E-state index in [1.807, 2.05) is 62.4 Å². The molecular formula is C34H43N3O7. The van der Waals surface area contributed by atoms with Gasteiger partial charge in [-0.2, -0.15) is 0 Å². The Hall–Kier alpha value is -4.18. The van der Waals surface area contributed by atoms with Crippen LogP contribution in [0.2, 0.25) is 0 Å². The summed E-state index contributed by atoms with van der Waals surface area (Å²) in [6, 6.07) is 14.3. The Bertz CT molecular complexity index is 1310. The van der Waals surface area contributed by atoms with E-state index in [9.17, 15) is 24.3 Å². The molecule has 4 atom stereocenters. The molecule has 2 aromatic carbocycles. The molecule has 3 amide bonds. The SMILES string of the molecule is CC(CO)NC(=O)CC1CC=CCCC(NC(=O)OCC2c3ccccc3-c3ccccc32)C(=O)OCC(C(C)C)NC1=O. The van der Waals surface area contributed by atoms with Gasteiger partial charge in [-0.25, -0.2) is 9.59 Å². The summed E-state index contributed by atoms with van der Waals surface area (Å²) in [6.07, 6.45) is 3.90. The van der Waals surface area contributed by atoms with E-state index < -0.39 is 36.1 Å². The Morgan fingerprint density at radius 2 is 1.68 bits per heavy atom. The minimum absolute atomic E-state index is 0.0446. The zero-order chi connectivity index (χ0) is 31.6. The van der Waals surface area contributed by atoms with Crippen LogP contribution in [-0.4, -0.2) is 66.9 Å². The number of aliphatic hydroxyl groups excluding tert-OH is 1. The van der Waals surface area contributed by atoms with Crippen molar-refractivity contribution in [2.45, 2.75) is 70.5 Å². The number of benzene rings is 2. The lowest BCUT2D eigenvalue weighted by molar-refractivity contribution is -0.148. The smallest absolute Gasteiger partial charge is 0.407 e. The van der Waals surface area contributed by atoms with Crippen LogP contribution >= 0.6 is 0 Å². The Labute approximate surface area is 258 Å². The number of hydrogen-bond donors (Lipinski definition) is 4. The second-order valence-corrected chi connectivity index (χ2v) is 11.8. The van der Waals surface area contributed by atoms with Gasteiger partial charge in [-0.15, -0.1) is 0 Å². The molecule has 44 heavy (non-hydrogen) atoms. The summed E-state index contributed by atoms with van der Waals surface area (Å²) < 4.78 is 11.2. The molecule has 2 aromatic rings. The fourth-order valence-electron chi connectivity index (χ4n) is 5.53. The number of aliphatic hydroxyl groups is 1. The van der Waals surface area contributed by atoms with E-state index in [-0.39, 0.29) is 56.3 Å². The monoisotopic (exact) mass is 605 g/mol. The molecule has 2 aliphatic rings. The van der Waals surface area contributed by atoms with E-state index in [1.54, 1.807) is 6.92 Å². The van der Waals surface area contributed by atoms with Crippen molar-refractivity contribution in [2.24, 2.45) is 11.8 Å². The van der Waals surface area contributed by atoms with Crippen LogP contribution in [0.5, 0.6) is 0 Å². The highest BCUT2D eigenvalue weighted by Crippen LogP contribution is 2.44. The summed E-state index contributed by atoms with van der Waals surface area (Å²) in [5.74, 6) is -2.07. The van der Waals surface area contributed by atoms with Gasteiger partial charge < -0.3 is 30.5 Å². The van der Waals surface area contributed by atoms with Crippen LogP contribution in [0.25, 0.3) is 11.1 Å². The Kier molecular flexibility index (Phi) is 11.5. The number of allylic oxidation sites excluding steroid dienone is 2. The van der Waals surface area contributed by atoms with Gasteiger partial charge in [0.2, 0.25) is 11.8 Å². The minimum Gasteiger partial charge on any atom is -0.462 e. The summed E-state index contributed by atoms with van der Waals surface area (Å²) in [6.45, 7) is 5.31. The van der Waals surface area contributed by atoms with Crippen molar-refractivity contribution < 1.29 is 33.8 Å². The maximum absolute atomic E-state index is 13.2. The molecule has 0 radical (unpaired) electrons. The predicted octanol–water partition coefficient (Wildman–Crippen LogP) is 3.82. The van der Waals surface area contributed by atoms with Crippen molar-refractivity contribution >= 4 is 23.9 Å². The average molecular weight is 606 g/mol. The highest BCUT2D eigenvalue weighted by atomic mass is 16.6. The van der Waals surface area contributed by atoms with E-state index in [0.717, 1.165) is 22.3 Å². The highest BCUT2D eigenvalue weighted by Gasteiger charge is 2.31. The number of ether oxygens (including phenoxy) is 2. The third kappa shape index (κ3) is 8.47. The topological polar surface area (TPSA) is 143 Å². The van der Waals surface area contributed by atoms with Crippen LogP contribution in [-0.2, 0) is 23.9 Å². The number of fused-ring (bicyclic) bond motifs is 3. The molecule has 1 heterocycles. The van der Waals surface area contributed by atoms with Gasteiger partial charge in [-0.05, 0) is 54.4 Å². The first kappa shape index (κ1) is 32.7. The second kappa shape index (κ2) is 15.5. The highest BCUT2D eigenvalue weighted by molar-refractivity contribution is 5.86. The summed E-state index contributed by atoms with van der Waals surface area (Å²) >= 11 is 0. The van der Waals surface area contributed by atoms with E-state index in [2.05, 4.69) is 28.1 Å². The Morgan fingerprint density at radius 3 is 2.32 bits per heavy atom. The van der Waals surface area contributed by atoms with Crippen LogP contribution in [0.4, 0.5) is 4.79 Å². The molecule has 236 valence electrons. The van der Waals surface area contributed by atoms with Gasteiger partial charge in [0.1, 0.15) is 19.3 Å². The Morgan fingerprint density at radius 1 is 1.02 bits per heavy atom. The molecule has 4 unspecified atom stereocenters. The van der Waals surface area contributed by atoms with Gasteiger partial charge in [-0.1, -0.05) is 74.5 Å². The van der Waals surface area contributed by atoms with Crippen LogP contribution in [0.1, 0.15) is 63.5 Å². The number of hydrogen-bond acceptors (Lipinski definition) is 7. The van der Waals surface area contributed by atoms with Crippen LogP contribution in [0, 0.1) is 11.8 Å². The lowest BCUT2D eigenvalue weighted by Crippen LogP contribution is -2.48. The predicted molar refractivity (Wildman–Crippen MR) is 166 cm³/mol. The lowest BCUT2D eigenvalue weighted by Gasteiger charge is -2.26. The standard InChI is InChI=1S/C34H43N3O7/c1-21(2)30-20-43-33(41)29(16-6-4-5-11-23(32(40)36-30)17-31(39)35-22(3)18-38)37-34(42)44-19-28-26-14-9-7-12-24(26)25-13-8-10-15-27(25)28/h4-5,7-10,12-15,21-23,28-30,38H,6,11,16-20H2,1-3H3,(H,35,39)(H,36,40)(H,37,42). The van der Waals surface area contributed by atoms with Crippen LogP contribution < -0.4 is 16.0 Å². The van der Waals surface area contributed by atoms with Crippen molar-refractivity contribution in [3.63, 3.8) is 0 Å². The number of rotatable bonds is 8. The normalized spacial score (nSPS) is 21.4. The maximum atomic E-state index is 13.2. The number of nitrogens with one attached hydrogen (secondary N) is 3. The fraction of sp³-hybridized carbons (Fsp3) is 0.471. The van der Waals surface area contributed by atoms with E-state index in [0.29, 0.717) is 12.8 Å². The maximum Gasteiger partial charge on any atom is 0.407 e. The summed E-state index contributed by atoms with van der Waals surface area (Å²) in [7, 11) is 0. The van der Waals surface area contributed by atoms with Gasteiger partial charge in [-0.3, -0.25) is 9.59 Å². The lowest BCUT2D eigenvalue weighted by atomic mass is 9.97. The van der Waals surface area contributed by atoms with Gasteiger partial charge in [0.05, 0.1) is 18.6 Å². The summed E-state index contributed by atoms with van der Waals surface area (Å²) in [5, 5.41) is 17.5. The molecule has 0 bridgehead atoms. The van der Waals surface area contributed by atoms with E-state index in [1.165, 1.54) is 0 Å². The number of carbonyl (C=O) groups is 4. The molecule has 4 N–H and O–H groups in total.